The Morgan fingerprint density at radius 1 is 1.14 bits per heavy atom. The first-order valence-electron chi connectivity index (χ1n) is 8.94. The van der Waals surface area contributed by atoms with Gasteiger partial charge in [0.15, 0.2) is 10.3 Å². The van der Waals surface area contributed by atoms with Gasteiger partial charge in [0.05, 0.1) is 11.5 Å². The molecule has 1 amide bonds. The number of carbonyl (C=O) groups excluding carboxylic acids is 1. The summed E-state index contributed by atoms with van der Waals surface area (Å²) in [6.07, 6.45) is 4.34. The van der Waals surface area contributed by atoms with Crippen molar-refractivity contribution >= 4 is 35.1 Å². The second kappa shape index (κ2) is 8.32. The van der Waals surface area contributed by atoms with Gasteiger partial charge < -0.3 is 9.47 Å². The number of hydrogen-bond acceptors (Lipinski definition) is 7. The molecule has 3 heterocycles. The zero-order valence-electron chi connectivity index (χ0n) is 15.6. The summed E-state index contributed by atoms with van der Waals surface area (Å²) >= 11 is 2.93. The Morgan fingerprint density at radius 3 is 2.75 bits per heavy atom. The molecule has 1 atom stereocenters. The lowest BCUT2D eigenvalue weighted by molar-refractivity contribution is -0.116. The molecule has 1 aliphatic rings. The fourth-order valence-corrected chi connectivity index (χ4v) is 4.80. The third kappa shape index (κ3) is 3.90. The van der Waals surface area contributed by atoms with Crippen molar-refractivity contribution in [2.45, 2.75) is 35.5 Å². The van der Waals surface area contributed by atoms with Crippen molar-refractivity contribution in [1.82, 2.24) is 24.7 Å². The van der Waals surface area contributed by atoms with E-state index in [1.807, 2.05) is 34.7 Å². The Bertz CT molecular complexity index is 978. The van der Waals surface area contributed by atoms with Crippen LogP contribution in [0.2, 0.25) is 0 Å². The highest BCUT2D eigenvalue weighted by atomic mass is 32.2. The lowest BCUT2D eigenvalue weighted by atomic mass is 10.1. The summed E-state index contributed by atoms with van der Waals surface area (Å²) in [7, 11) is 1.92. The van der Waals surface area contributed by atoms with Gasteiger partial charge in [-0.2, -0.15) is 0 Å². The lowest BCUT2D eigenvalue weighted by Gasteiger charge is -2.22. The number of hydrogen-bond donors (Lipinski definition) is 0. The van der Waals surface area contributed by atoms with E-state index in [1.165, 1.54) is 29.1 Å². The molecule has 9 heteroatoms. The number of benzene rings is 1. The second-order valence-electron chi connectivity index (χ2n) is 6.51. The van der Waals surface area contributed by atoms with Gasteiger partial charge in [0.1, 0.15) is 5.82 Å². The molecular formula is C19H20N6OS2. The molecule has 1 aliphatic heterocycles. The van der Waals surface area contributed by atoms with Gasteiger partial charge in [0.25, 0.3) is 0 Å². The van der Waals surface area contributed by atoms with Crippen molar-refractivity contribution in [3.8, 4) is 0 Å². The maximum atomic E-state index is 12.8. The van der Waals surface area contributed by atoms with Crippen molar-refractivity contribution in [2.24, 2.45) is 7.05 Å². The molecule has 0 bridgehead atoms. The van der Waals surface area contributed by atoms with Gasteiger partial charge in [-0.05, 0) is 31.0 Å². The summed E-state index contributed by atoms with van der Waals surface area (Å²) < 4.78 is 1.93. The SMILES string of the molecule is C[C@H]1Cc2ccccc2N1C(=O)CSc1nnc(CSc2ncccn2)n1C. The molecule has 3 aromatic rings. The summed E-state index contributed by atoms with van der Waals surface area (Å²) in [5.74, 6) is 1.88. The monoisotopic (exact) mass is 412 g/mol. The number of para-hydroxylation sites is 1. The predicted octanol–water partition coefficient (Wildman–Crippen LogP) is 2.97. The molecule has 0 saturated heterocycles. The largest absolute Gasteiger partial charge is 0.308 e. The molecule has 0 radical (unpaired) electrons. The van der Waals surface area contributed by atoms with Crippen LogP contribution in [0.1, 0.15) is 18.3 Å². The van der Waals surface area contributed by atoms with Crippen LogP contribution in [0.15, 0.2) is 53.0 Å². The van der Waals surface area contributed by atoms with Crippen LogP contribution < -0.4 is 4.90 Å². The quantitative estimate of drug-likeness (QED) is 0.455. The van der Waals surface area contributed by atoms with Gasteiger partial charge in [-0.1, -0.05) is 41.7 Å². The summed E-state index contributed by atoms with van der Waals surface area (Å²) in [5.41, 5.74) is 2.26. The van der Waals surface area contributed by atoms with Gasteiger partial charge in [-0.15, -0.1) is 10.2 Å². The van der Waals surface area contributed by atoms with E-state index in [2.05, 4.69) is 33.2 Å². The van der Waals surface area contributed by atoms with Gasteiger partial charge in [-0.3, -0.25) is 4.79 Å². The van der Waals surface area contributed by atoms with Crippen molar-refractivity contribution in [1.29, 1.82) is 0 Å². The van der Waals surface area contributed by atoms with Crippen molar-refractivity contribution in [2.75, 3.05) is 10.7 Å². The van der Waals surface area contributed by atoms with Gasteiger partial charge in [-0.25, -0.2) is 9.97 Å². The molecule has 0 spiro atoms. The van der Waals surface area contributed by atoms with Crippen molar-refractivity contribution in [3.05, 3.63) is 54.1 Å². The molecule has 1 aromatic carbocycles. The van der Waals surface area contributed by atoms with Crippen LogP contribution in [-0.2, 0) is 24.0 Å². The van der Waals surface area contributed by atoms with E-state index in [9.17, 15) is 4.79 Å². The first-order chi connectivity index (χ1) is 13.6. The Morgan fingerprint density at radius 2 is 1.93 bits per heavy atom. The molecule has 0 aliphatic carbocycles. The Labute approximate surface area is 172 Å². The van der Waals surface area contributed by atoms with E-state index in [0.717, 1.165) is 23.1 Å². The Balaban J connectivity index is 1.38. The molecule has 28 heavy (non-hydrogen) atoms. The molecule has 4 rings (SSSR count). The Kier molecular flexibility index (Phi) is 5.63. The van der Waals surface area contributed by atoms with E-state index in [-0.39, 0.29) is 11.9 Å². The van der Waals surface area contributed by atoms with Crippen LogP contribution in [0.5, 0.6) is 0 Å². The number of amides is 1. The van der Waals surface area contributed by atoms with Gasteiger partial charge >= 0.3 is 0 Å². The van der Waals surface area contributed by atoms with Crippen LogP contribution in [0.25, 0.3) is 0 Å². The third-order valence-electron chi connectivity index (χ3n) is 4.60. The van der Waals surface area contributed by atoms with Gasteiger partial charge in [0, 0.05) is 31.2 Å². The van der Waals surface area contributed by atoms with Crippen LogP contribution in [0.4, 0.5) is 5.69 Å². The molecule has 2 aromatic heterocycles. The molecule has 7 nitrogen and oxygen atoms in total. The molecule has 0 fully saturated rings. The summed E-state index contributed by atoms with van der Waals surface area (Å²) in [4.78, 5) is 23.1. The minimum atomic E-state index is 0.0964. The molecule has 0 N–H and O–H groups in total. The third-order valence-corrected chi connectivity index (χ3v) is 6.47. The first-order valence-corrected chi connectivity index (χ1v) is 10.9. The number of aromatic nitrogens is 5. The highest BCUT2D eigenvalue weighted by Gasteiger charge is 2.30. The number of rotatable bonds is 6. The maximum absolute atomic E-state index is 12.8. The minimum absolute atomic E-state index is 0.0964. The van der Waals surface area contributed by atoms with E-state index >= 15 is 0 Å². The van der Waals surface area contributed by atoms with Crippen LogP contribution in [0.3, 0.4) is 0 Å². The smallest absolute Gasteiger partial charge is 0.237 e. The topological polar surface area (TPSA) is 76.8 Å². The number of carbonyl (C=O) groups is 1. The average Bonchev–Trinajstić information content (AvgIpc) is 3.24. The molecule has 144 valence electrons. The average molecular weight is 413 g/mol. The standard InChI is InChI=1S/C19H20N6OS2/c1-13-10-14-6-3-4-7-15(14)25(13)17(26)12-28-19-23-22-16(24(19)2)11-27-18-20-8-5-9-21-18/h3-9,13H,10-12H2,1-2H3/t13-/m0/s1. The summed E-state index contributed by atoms with van der Waals surface area (Å²) in [6.45, 7) is 2.09. The second-order valence-corrected chi connectivity index (χ2v) is 8.40. The van der Waals surface area contributed by atoms with Crippen LogP contribution >= 0.6 is 23.5 Å². The first kappa shape index (κ1) is 18.9. The fraction of sp³-hybridized carbons (Fsp3) is 0.316. The lowest BCUT2D eigenvalue weighted by Crippen LogP contribution is -2.37. The minimum Gasteiger partial charge on any atom is -0.308 e. The zero-order valence-corrected chi connectivity index (χ0v) is 17.3. The fourth-order valence-electron chi connectivity index (χ4n) is 3.23. The van der Waals surface area contributed by atoms with Crippen LogP contribution in [0, 0.1) is 0 Å². The normalized spacial score (nSPS) is 15.6. The maximum Gasteiger partial charge on any atom is 0.237 e. The highest BCUT2D eigenvalue weighted by Crippen LogP contribution is 2.32. The van der Waals surface area contributed by atoms with E-state index in [4.69, 9.17) is 0 Å². The van der Waals surface area contributed by atoms with Crippen LogP contribution in [-0.4, -0.2) is 42.4 Å². The van der Waals surface area contributed by atoms with E-state index < -0.39 is 0 Å². The predicted molar refractivity (Wildman–Crippen MR) is 110 cm³/mol. The molecule has 0 saturated carbocycles. The van der Waals surface area contributed by atoms with E-state index in [0.29, 0.717) is 16.7 Å². The van der Waals surface area contributed by atoms with Crippen molar-refractivity contribution in [3.63, 3.8) is 0 Å². The number of nitrogens with zero attached hydrogens (tertiary/aromatic N) is 6. The summed E-state index contributed by atoms with van der Waals surface area (Å²) in [6, 6.07) is 10.1. The molecule has 0 unspecified atom stereocenters. The number of fused-ring (bicyclic) bond motifs is 1. The zero-order chi connectivity index (χ0) is 19.5. The number of anilines is 1. The van der Waals surface area contributed by atoms with E-state index in [1.54, 1.807) is 18.5 Å². The Hall–Kier alpha value is -2.39. The van der Waals surface area contributed by atoms with Crippen molar-refractivity contribution < 1.29 is 4.79 Å². The van der Waals surface area contributed by atoms with Gasteiger partial charge in [0.2, 0.25) is 5.91 Å². The highest BCUT2D eigenvalue weighted by molar-refractivity contribution is 7.99. The summed E-state index contributed by atoms with van der Waals surface area (Å²) in [5, 5.41) is 9.93. The number of thioether (sulfide) groups is 2. The molecular weight excluding hydrogens is 392 g/mol.